The number of rotatable bonds is 4. The van der Waals surface area contributed by atoms with E-state index in [1.807, 2.05) is 11.0 Å². The number of nitrogens with two attached hydrogens (primary N) is 1. The maximum atomic E-state index is 12.2. The highest BCUT2D eigenvalue weighted by Gasteiger charge is 2.28. The highest BCUT2D eigenvalue weighted by molar-refractivity contribution is 5.77. The van der Waals surface area contributed by atoms with E-state index < -0.39 is 0 Å². The van der Waals surface area contributed by atoms with Gasteiger partial charge >= 0.3 is 0 Å². The lowest BCUT2D eigenvalue weighted by atomic mass is 9.99. The number of hydrogen-bond acceptors (Lipinski definition) is 2. The van der Waals surface area contributed by atoms with E-state index in [9.17, 15) is 4.79 Å². The van der Waals surface area contributed by atoms with Crippen molar-refractivity contribution in [1.82, 2.24) is 4.90 Å². The van der Waals surface area contributed by atoms with Crippen LogP contribution in [0.3, 0.4) is 0 Å². The topological polar surface area (TPSA) is 46.3 Å². The van der Waals surface area contributed by atoms with Crippen molar-refractivity contribution in [2.45, 2.75) is 38.6 Å². The standard InChI is InChI=1S/C16H24N2O/c1-12(2)15(17)10-16(19)18-9-8-14(11-18)13-6-4-3-5-7-13/h3-7,12,14-15H,8-11,17H2,1-2H3. The molecule has 2 rings (SSSR count). The molecule has 104 valence electrons. The van der Waals surface area contributed by atoms with E-state index >= 15 is 0 Å². The van der Waals surface area contributed by atoms with Gasteiger partial charge in [-0.25, -0.2) is 0 Å². The molecule has 3 heteroatoms. The monoisotopic (exact) mass is 260 g/mol. The number of carbonyl (C=O) groups is 1. The summed E-state index contributed by atoms with van der Waals surface area (Å²) in [6, 6.07) is 10.4. The molecule has 0 aromatic heterocycles. The molecule has 2 unspecified atom stereocenters. The summed E-state index contributed by atoms with van der Waals surface area (Å²) in [5.41, 5.74) is 7.32. The summed E-state index contributed by atoms with van der Waals surface area (Å²) in [5, 5.41) is 0. The molecule has 0 bridgehead atoms. The van der Waals surface area contributed by atoms with E-state index in [0.29, 0.717) is 18.3 Å². The molecule has 2 N–H and O–H groups in total. The van der Waals surface area contributed by atoms with Gasteiger partial charge < -0.3 is 10.6 Å². The van der Waals surface area contributed by atoms with E-state index in [2.05, 4.69) is 38.1 Å². The number of likely N-dealkylation sites (tertiary alicyclic amines) is 1. The Morgan fingerprint density at radius 1 is 1.37 bits per heavy atom. The van der Waals surface area contributed by atoms with Crippen LogP contribution in [0.15, 0.2) is 30.3 Å². The van der Waals surface area contributed by atoms with Crippen LogP contribution >= 0.6 is 0 Å². The zero-order valence-electron chi connectivity index (χ0n) is 11.9. The second kappa shape index (κ2) is 6.20. The Hall–Kier alpha value is -1.35. The van der Waals surface area contributed by atoms with Gasteiger partial charge in [0, 0.05) is 31.5 Å². The van der Waals surface area contributed by atoms with Crippen molar-refractivity contribution in [3.8, 4) is 0 Å². The van der Waals surface area contributed by atoms with Gasteiger partial charge in [0.15, 0.2) is 0 Å². The smallest absolute Gasteiger partial charge is 0.224 e. The minimum absolute atomic E-state index is 0.0247. The molecule has 1 aliphatic rings. The summed E-state index contributed by atoms with van der Waals surface area (Å²) in [6.45, 7) is 5.83. The molecular weight excluding hydrogens is 236 g/mol. The lowest BCUT2D eigenvalue weighted by Gasteiger charge is -2.21. The maximum Gasteiger partial charge on any atom is 0.224 e. The Morgan fingerprint density at radius 3 is 2.68 bits per heavy atom. The van der Waals surface area contributed by atoms with Gasteiger partial charge in [-0.15, -0.1) is 0 Å². The third-order valence-corrected chi connectivity index (χ3v) is 4.08. The van der Waals surface area contributed by atoms with Crippen molar-refractivity contribution >= 4 is 5.91 Å². The first kappa shape index (κ1) is 14.1. The van der Waals surface area contributed by atoms with E-state index in [1.165, 1.54) is 5.56 Å². The van der Waals surface area contributed by atoms with Crippen molar-refractivity contribution < 1.29 is 4.79 Å². The summed E-state index contributed by atoms with van der Waals surface area (Å²) in [4.78, 5) is 14.2. The molecule has 0 saturated carbocycles. The Morgan fingerprint density at radius 2 is 2.05 bits per heavy atom. The van der Waals surface area contributed by atoms with Crippen LogP contribution in [0.1, 0.15) is 38.2 Å². The third kappa shape index (κ3) is 3.57. The first-order chi connectivity index (χ1) is 9.08. The van der Waals surface area contributed by atoms with Gasteiger partial charge in [0.25, 0.3) is 0 Å². The van der Waals surface area contributed by atoms with E-state index in [-0.39, 0.29) is 11.9 Å². The summed E-state index contributed by atoms with van der Waals surface area (Å²) in [5.74, 6) is 1.05. The summed E-state index contributed by atoms with van der Waals surface area (Å²) in [7, 11) is 0. The van der Waals surface area contributed by atoms with E-state index in [0.717, 1.165) is 19.5 Å². The van der Waals surface area contributed by atoms with E-state index in [4.69, 9.17) is 5.73 Å². The second-order valence-corrected chi connectivity index (χ2v) is 5.85. The molecule has 19 heavy (non-hydrogen) atoms. The van der Waals surface area contributed by atoms with Crippen LogP contribution in [-0.4, -0.2) is 29.9 Å². The normalized spacial score (nSPS) is 20.8. The van der Waals surface area contributed by atoms with Crippen LogP contribution in [0.2, 0.25) is 0 Å². The quantitative estimate of drug-likeness (QED) is 0.903. The molecule has 1 heterocycles. The Bertz CT molecular complexity index is 416. The lowest BCUT2D eigenvalue weighted by molar-refractivity contribution is -0.130. The summed E-state index contributed by atoms with van der Waals surface area (Å²) >= 11 is 0. The van der Waals surface area contributed by atoms with Crippen molar-refractivity contribution in [3.05, 3.63) is 35.9 Å². The van der Waals surface area contributed by atoms with Crippen molar-refractivity contribution in [3.63, 3.8) is 0 Å². The molecule has 1 fully saturated rings. The van der Waals surface area contributed by atoms with Gasteiger partial charge in [-0.3, -0.25) is 4.79 Å². The fourth-order valence-electron chi connectivity index (χ4n) is 2.55. The van der Waals surface area contributed by atoms with Gasteiger partial charge in [0.1, 0.15) is 0 Å². The molecule has 0 aliphatic carbocycles. The fourth-order valence-corrected chi connectivity index (χ4v) is 2.55. The molecular formula is C16H24N2O. The molecule has 1 aliphatic heterocycles. The minimum atomic E-state index is -0.0247. The predicted molar refractivity (Wildman–Crippen MR) is 77.8 cm³/mol. The van der Waals surface area contributed by atoms with Crippen LogP contribution in [0.4, 0.5) is 0 Å². The Labute approximate surface area is 115 Å². The second-order valence-electron chi connectivity index (χ2n) is 5.85. The average Bonchev–Trinajstić information content (AvgIpc) is 2.89. The fraction of sp³-hybridized carbons (Fsp3) is 0.562. The first-order valence-corrected chi connectivity index (χ1v) is 7.16. The summed E-state index contributed by atoms with van der Waals surface area (Å²) in [6.07, 6.45) is 1.53. The van der Waals surface area contributed by atoms with Crippen LogP contribution in [0.25, 0.3) is 0 Å². The summed E-state index contributed by atoms with van der Waals surface area (Å²) < 4.78 is 0. The molecule has 1 amide bonds. The van der Waals surface area contributed by atoms with Gasteiger partial charge in [-0.05, 0) is 17.9 Å². The number of hydrogen-bond donors (Lipinski definition) is 1. The van der Waals surface area contributed by atoms with E-state index in [1.54, 1.807) is 0 Å². The average molecular weight is 260 g/mol. The predicted octanol–water partition coefficient (Wildman–Crippen LogP) is 2.38. The largest absolute Gasteiger partial charge is 0.342 e. The minimum Gasteiger partial charge on any atom is -0.342 e. The van der Waals surface area contributed by atoms with Crippen molar-refractivity contribution in [2.24, 2.45) is 11.7 Å². The van der Waals surface area contributed by atoms with Gasteiger partial charge in [0.05, 0.1) is 0 Å². The zero-order valence-corrected chi connectivity index (χ0v) is 11.9. The third-order valence-electron chi connectivity index (χ3n) is 4.08. The number of nitrogens with zero attached hydrogens (tertiary/aromatic N) is 1. The molecule has 1 saturated heterocycles. The van der Waals surface area contributed by atoms with Gasteiger partial charge in [-0.2, -0.15) is 0 Å². The Kier molecular flexibility index (Phi) is 4.59. The molecule has 0 spiro atoms. The van der Waals surface area contributed by atoms with Gasteiger partial charge in [-0.1, -0.05) is 44.2 Å². The number of benzene rings is 1. The maximum absolute atomic E-state index is 12.2. The van der Waals surface area contributed by atoms with Crippen molar-refractivity contribution in [1.29, 1.82) is 0 Å². The highest BCUT2D eigenvalue weighted by Crippen LogP contribution is 2.27. The lowest BCUT2D eigenvalue weighted by Crippen LogP contribution is -2.36. The highest BCUT2D eigenvalue weighted by atomic mass is 16.2. The van der Waals surface area contributed by atoms with Gasteiger partial charge in [0.2, 0.25) is 5.91 Å². The molecule has 3 nitrogen and oxygen atoms in total. The van der Waals surface area contributed by atoms with Crippen LogP contribution in [0, 0.1) is 5.92 Å². The molecule has 1 aromatic rings. The molecule has 0 radical (unpaired) electrons. The van der Waals surface area contributed by atoms with Crippen molar-refractivity contribution in [2.75, 3.05) is 13.1 Å². The van der Waals surface area contributed by atoms with Crippen LogP contribution in [-0.2, 0) is 4.79 Å². The first-order valence-electron chi connectivity index (χ1n) is 7.16. The SMILES string of the molecule is CC(C)C(N)CC(=O)N1CCC(c2ccccc2)C1. The van der Waals surface area contributed by atoms with Crippen LogP contribution in [0.5, 0.6) is 0 Å². The number of amides is 1. The molecule has 1 aromatic carbocycles. The number of carbonyl (C=O) groups excluding carboxylic acids is 1. The zero-order chi connectivity index (χ0) is 13.8. The Balaban J connectivity index is 1.90. The van der Waals surface area contributed by atoms with Crippen LogP contribution < -0.4 is 5.73 Å². The molecule has 2 atom stereocenters.